The lowest BCUT2D eigenvalue weighted by Crippen LogP contribution is -2.48. The number of aryl methyl sites for hydroxylation is 2. The largest absolute Gasteiger partial charge is 0.444 e. The maximum atomic E-state index is 12.6. The van der Waals surface area contributed by atoms with E-state index in [1.807, 2.05) is 36.9 Å². The van der Waals surface area contributed by atoms with E-state index in [0.29, 0.717) is 18.4 Å². The van der Waals surface area contributed by atoms with Gasteiger partial charge in [0, 0.05) is 31.5 Å². The number of nitrogens with zero attached hydrogens (tertiary/aromatic N) is 2. The van der Waals surface area contributed by atoms with Crippen molar-refractivity contribution in [2.24, 2.45) is 5.92 Å². The van der Waals surface area contributed by atoms with Crippen LogP contribution in [0.25, 0.3) is 11.5 Å². The predicted octanol–water partition coefficient (Wildman–Crippen LogP) is 3.85. The summed E-state index contributed by atoms with van der Waals surface area (Å²) in [7, 11) is 1.70. The molecule has 1 aliphatic heterocycles. The highest BCUT2D eigenvalue weighted by Gasteiger charge is 2.28. The normalized spacial score (nSPS) is 20.6. The number of urea groups is 1. The number of likely N-dealkylation sites (tertiary alicyclic amines) is 1. The highest BCUT2D eigenvalue weighted by Crippen LogP contribution is 2.27. The van der Waals surface area contributed by atoms with Gasteiger partial charge in [0.1, 0.15) is 6.26 Å². The predicted molar refractivity (Wildman–Crippen MR) is 96.6 cm³/mol. The van der Waals surface area contributed by atoms with E-state index in [1.54, 1.807) is 13.4 Å². The van der Waals surface area contributed by atoms with Gasteiger partial charge in [-0.15, -0.1) is 0 Å². The number of aromatic nitrogens is 1. The van der Waals surface area contributed by atoms with E-state index >= 15 is 0 Å². The summed E-state index contributed by atoms with van der Waals surface area (Å²) in [5, 5.41) is 2.98. The average molecular weight is 343 g/mol. The molecule has 1 aromatic carbocycles. The van der Waals surface area contributed by atoms with Gasteiger partial charge in [-0.05, 0) is 43.9 Å². The quantitative estimate of drug-likeness (QED) is 0.919. The molecule has 134 valence electrons. The lowest BCUT2D eigenvalue weighted by Gasteiger charge is -2.36. The lowest BCUT2D eigenvalue weighted by molar-refractivity contribution is 0.00896. The van der Waals surface area contributed by atoms with Gasteiger partial charge in [0.25, 0.3) is 0 Å². The molecular weight excluding hydrogens is 318 g/mol. The summed E-state index contributed by atoms with van der Waals surface area (Å²) in [4.78, 5) is 18.8. The Morgan fingerprint density at radius 2 is 2.20 bits per heavy atom. The molecule has 2 heterocycles. The molecule has 2 atom stereocenters. The van der Waals surface area contributed by atoms with Crippen molar-refractivity contribution in [2.45, 2.75) is 33.3 Å². The standard InChI is InChI=1S/C19H25N3O3/c1-12-5-6-15(9-16(12)18-20-14(3)11-25-18)21-19(23)22-8-7-13(2)17(10-22)24-4/h5-6,9,11,13,17H,7-8,10H2,1-4H3,(H,21,23)/t13-,17+/m1/s1. The minimum Gasteiger partial charge on any atom is -0.444 e. The van der Waals surface area contributed by atoms with E-state index < -0.39 is 0 Å². The topological polar surface area (TPSA) is 67.6 Å². The van der Waals surface area contributed by atoms with Crippen molar-refractivity contribution in [3.05, 3.63) is 35.7 Å². The van der Waals surface area contributed by atoms with Crippen molar-refractivity contribution in [3.8, 4) is 11.5 Å². The maximum Gasteiger partial charge on any atom is 0.321 e. The second-order valence-corrected chi connectivity index (χ2v) is 6.74. The third-order valence-corrected chi connectivity index (χ3v) is 4.82. The molecular formula is C19H25N3O3. The first-order chi connectivity index (χ1) is 12.0. The second-order valence-electron chi connectivity index (χ2n) is 6.74. The zero-order chi connectivity index (χ0) is 18.0. The summed E-state index contributed by atoms with van der Waals surface area (Å²) in [5.41, 5.74) is 3.49. The minimum absolute atomic E-state index is 0.0865. The third kappa shape index (κ3) is 3.85. The van der Waals surface area contributed by atoms with Gasteiger partial charge in [0.15, 0.2) is 0 Å². The van der Waals surface area contributed by atoms with Gasteiger partial charge in [0.2, 0.25) is 5.89 Å². The summed E-state index contributed by atoms with van der Waals surface area (Å²) >= 11 is 0. The molecule has 3 rings (SSSR count). The molecule has 2 aromatic rings. The van der Waals surface area contributed by atoms with Crippen molar-refractivity contribution in [1.29, 1.82) is 0 Å². The Balaban J connectivity index is 1.73. The molecule has 0 unspecified atom stereocenters. The van der Waals surface area contributed by atoms with Crippen LogP contribution in [-0.4, -0.2) is 42.2 Å². The number of hydrogen-bond donors (Lipinski definition) is 1. The number of anilines is 1. The highest BCUT2D eigenvalue weighted by molar-refractivity contribution is 5.90. The zero-order valence-corrected chi connectivity index (χ0v) is 15.2. The van der Waals surface area contributed by atoms with Crippen LogP contribution >= 0.6 is 0 Å². The number of nitrogens with one attached hydrogen (secondary N) is 1. The number of benzene rings is 1. The zero-order valence-electron chi connectivity index (χ0n) is 15.2. The van der Waals surface area contributed by atoms with Gasteiger partial charge < -0.3 is 19.4 Å². The van der Waals surface area contributed by atoms with Crippen molar-refractivity contribution in [1.82, 2.24) is 9.88 Å². The number of carbonyl (C=O) groups is 1. The SMILES string of the molecule is CO[C@H]1CN(C(=O)Nc2ccc(C)c(-c3nc(C)co3)c2)CC[C@H]1C. The first kappa shape index (κ1) is 17.5. The van der Waals surface area contributed by atoms with Crippen molar-refractivity contribution < 1.29 is 13.9 Å². The van der Waals surface area contributed by atoms with E-state index in [-0.39, 0.29) is 12.1 Å². The average Bonchev–Trinajstić information content (AvgIpc) is 3.03. The number of carbonyl (C=O) groups excluding carboxylic acids is 1. The fourth-order valence-corrected chi connectivity index (χ4v) is 3.14. The van der Waals surface area contributed by atoms with Gasteiger partial charge in [-0.25, -0.2) is 9.78 Å². The molecule has 0 spiro atoms. The molecule has 1 saturated heterocycles. The highest BCUT2D eigenvalue weighted by atomic mass is 16.5. The van der Waals surface area contributed by atoms with Crippen LogP contribution in [0.15, 0.2) is 28.9 Å². The van der Waals surface area contributed by atoms with Crippen LogP contribution in [0.4, 0.5) is 10.5 Å². The number of oxazole rings is 1. The van der Waals surface area contributed by atoms with Crippen LogP contribution in [0.1, 0.15) is 24.6 Å². The molecule has 0 bridgehead atoms. The monoisotopic (exact) mass is 343 g/mol. The minimum atomic E-state index is -0.104. The summed E-state index contributed by atoms with van der Waals surface area (Å²) < 4.78 is 11.0. The molecule has 1 aliphatic rings. The van der Waals surface area contributed by atoms with E-state index in [1.165, 1.54) is 0 Å². The van der Waals surface area contributed by atoms with E-state index in [0.717, 1.165) is 35.5 Å². The Labute approximate surface area is 148 Å². The van der Waals surface area contributed by atoms with Crippen LogP contribution in [-0.2, 0) is 4.74 Å². The van der Waals surface area contributed by atoms with Gasteiger partial charge in [-0.2, -0.15) is 0 Å². The Morgan fingerprint density at radius 1 is 1.40 bits per heavy atom. The van der Waals surface area contributed by atoms with Gasteiger partial charge >= 0.3 is 6.03 Å². The fraction of sp³-hybridized carbons (Fsp3) is 0.474. The number of hydrogen-bond acceptors (Lipinski definition) is 4. The van der Waals surface area contributed by atoms with Crippen LogP contribution in [0.5, 0.6) is 0 Å². The van der Waals surface area contributed by atoms with Crippen LogP contribution in [0.3, 0.4) is 0 Å². The molecule has 1 fully saturated rings. The Morgan fingerprint density at radius 3 is 2.88 bits per heavy atom. The molecule has 2 amide bonds. The second kappa shape index (κ2) is 7.27. The Hall–Kier alpha value is -2.34. The lowest BCUT2D eigenvalue weighted by atomic mass is 9.96. The summed E-state index contributed by atoms with van der Waals surface area (Å²) in [6.07, 6.45) is 2.66. The molecule has 1 aromatic heterocycles. The van der Waals surface area contributed by atoms with Crippen molar-refractivity contribution in [3.63, 3.8) is 0 Å². The summed E-state index contributed by atoms with van der Waals surface area (Å²) in [6, 6.07) is 5.65. The first-order valence-electron chi connectivity index (χ1n) is 8.60. The van der Waals surface area contributed by atoms with Crippen LogP contribution in [0.2, 0.25) is 0 Å². The van der Waals surface area contributed by atoms with Crippen molar-refractivity contribution in [2.75, 3.05) is 25.5 Å². The van der Waals surface area contributed by atoms with E-state index in [2.05, 4.69) is 17.2 Å². The molecule has 0 saturated carbocycles. The Bertz CT molecular complexity index is 756. The summed E-state index contributed by atoms with van der Waals surface area (Å²) in [6.45, 7) is 7.40. The van der Waals surface area contributed by atoms with Crippen LogP contribution < -0.4 is 5.32 Å². The number of piperidine rings is 1. The molecule has 1 N–H and O–H groups in total. The molecule has 0 radical (unpaired) electrons. The van der Waals surface area contributed by atoms with Gasteiger partial charge in [-0.1, -0.05) is 13.0 Å². The van der Waals surface area contributed by atoms with Crippen molar-refractivity contribution >= 4 is 11.7 Å². The third-order valence-electron chi connectivity index (χ3n) is 4.82. The smallest absolute Gasteiger partial charge is 0.321 e. The van der Waals surface area contributed by atoms with E-state index in [4.69, 9.17) is 9.15 Å². The first-order valence-corrected chi connectivity index (χ1v) is 8.60. The molecule has 6 nitrogen and oxygen atoms in total. The van der Waals surface area contributed by atoms with E-state index in [9.17, 15) is 4.79 Å². The van der Waals surface area contributed by atoms with Crippen LogP contribution in [0, 0.1) is 19.8 Å². The molecule has 0 aliphatic carbocycles. The summed E-state index contributed by atoms with van der Waals surface area (Å²) in [5.74, 6) is 1.03. The molecule has 6 heteroatoms. The molecule has 25 heavy (non-hydrogen) atoms. The maximum absolute atomic E-state index is 12.6. The van der Waals surface area contributed by atoms with Gasteiger partial charge in [-0.3, -0.25) is 0 Å². The fourth-order valence-electron chi connectivity index (χ4n) is 3.14. The number of amides is 2. The number of ether oxygens (including phenoxy) is 1. The number of rotatable bonds is 3. The number of methoxy groups -OCH3 is 1. The van der Waals surface area contributed by atoms with Gasteiger partial charge in [0.05, 0.1) is 11.8 Å². The Kier molecular flexibility index (Phi) is 5.08.